The van der Waals surface area contributed by atoms with Crippen LogP contribution in [0.1, 0.15) is 5.56 Å². The summed E-state index contributed by atoms with van der Waals surface area (Å²) in [5, 5.41) is 0. The van der Waals surface area contributed by atoms with Crippen molar-refractivity contribution < 1.29 is 0 Å². The molecule has 0 amide bonds. The molecule has 0 aliphatic carbocycles. The zero-order valence-electron chi connectivity index (χ0n) is 11.9. The molecule has 1 aliphatic heterocycles. The molecule has 3 rings (SSSR count). The average molecular weight is 267 g/mol. The normalized spacial score (nSPS) is 15.4. The SMILES string of the molecule is Cc1cccc(N)c1N1CCN(c2ccccc2)CC1. The number of hydrogen-bond donors (Lipinski definition) is 1. The summed E-state index contributed by atoms with van der Waals surface area (Å²) in [6, 6.07) is 16.8. The molecule has 0 atom stereocenters. The second-order valence-corrected chi connectivity index (χ2v) is 5.32. The van der Waals surface area contributed by atoms with E-state index in [1.54, 1.807) is 0 Å². The third-order valence-corrected chi connectivity index (χ3v) is 3.99. The molecule has 0 radical (unpaired) electrons. The highest BCUT2D eigenvalue weighted by Crippen LogP contribution is 2.28. The highest BCUT2D eigenvalue weighted by atomic mass is 15.3. The predicted molar refractivity (Wildman–Crippen MR) is 86.5 cm³/mol. The van der Waals surface area contributed by atoms with Crippen LogP contribution in [0.2, 0.25) is 0 Å². The van der Waals surface area contributed by atoms with Gasteiger partial charge < -0.3 is 15.5 Å². The third-order valence-electron chi connectivity index (χ3n) is 3.99. The minimum Gasteiger partial charge on any atom is -0.397 e. The second-order valence-electron chi connectivity index (χ2n) is 5.32. The van der Waals surface area contributed by atoms with Gasteiger partial charge >= 0.3 is 0 Å². The lowest BCUT2D eigenvalue weighted by molar-refractivity contribution is 0.653. The lowest BCUT2D eigenvalue weighted by atomic mass is 10.1. The summed E-state index contributed by atoms with van der Waals surface area (Å²) in [6.45, 7) is 6.25. The number of aryl methyl sites for hydroxylation is 1. The van der Waals surface area contributed by atoms with E-state index < -0.39 is 0 Å². The van der Waals surface area contributed by atoms with Crippen molar-refractivity contribution in [2.24, 2.45) is 0 Å². The molecule has 2 aromatic carbocycles. The number of benzene rings is 2. The molecule has 0 aromatic heterocycles. The van der Waals surface area contributed by atoms with Crippen molar-refractivity contribution in [1.29, 1.82) is 0 Å². The molecule has 1 aliphatic rings. The van der Waals surface area contributed by atoms with Crippen molar-refractivity contribution in [2.75, 3.05) is 41.7 Å². The maximum absolute atomic E-state index is 6.14. The van der Waals surface area contributed by atoms with Crippen LogP contribution in [0, 0.1) is 6.92 Å². The van der Waals surface area contributed by atoms with Gasteiger partial charge in [0.1, 0.15) is 0 Å². The van der Waals surface area contributed by atoms with Crippen molar-refractivity contribution >= 4 is 17.1 Å². The molecular weight excluding hydrogens is 246 g/mol. The van der Waals surface area contributed by atoms with Crippen LogP contribution in [-0.2, 0) is 0 Å². The first-order valence-corrected chi connectivity index (χ1v) is 7.16. The van der Waals surface area contributed by atoms with E-state index in [1.165, 1.54) is 16.9 Å². The lowest BCUT2D eigenvalue weighted by Gasteiger charge is -2.38. The van der Waals surface area contributed by atoms with Gasteiger partial charge in [0.15, 0.2) is 0 Å². The van der Waals surface area contributed by atoms with Crippen molar-refractivity contribution in [3.05, 3.63) is 54.1 Å². The molecule has 0 saturated carbocycles. The summed E-state index contributed by atoms with van der Waals surface area (Å²) in [7, 11) is 0. The largest absolute Gasteiger partial charge is 0.397 e. The maximum Gasteiger partial charge on any atom is 0.0630 e. The smallest absolute Gasteiger partial charge is 0.0630 e. The van der Waals surface area contributed by atoms with Gasteiger partial charge in [0.25, 0.3) is 0 Å². The van der Waals surface area contributed by atoms with E-state index >= 15 is 0 Å². The lowest BCUT2D eigenvalue weighted by Crippen LogP contribution is -2.47. The highest BCUT2D eigenvalue weighted by Gasteiger charge is 2.19. The molecule has 1 saturated heterocycles. The van der Waals surface area contributed by atoms with Crippen molar-refractivity contribution in [3.63, 3.8) is 0 Å². The van der Waals surface area contributed by atoms with Gasteiger partial charge in [-0.05, 0) is 30.7 Å². The number of rotatable bonds is 2. The van der Waals surface area contributed by atoms with Crippen molar-refractivity contribution in [2.45, 2.75) is 6.92 Å². The predicted octanol–water partition coefficient (Wildman–Crippen LogP) is 2.90. The van der Waals surface area contributed by atoms with Crippen LogP contribution in [0.25, 0.3) is 0 Å². The summed E-state index contributed by atoms with van der Waals surface area (Å²) in [5.41, 5.74) is 10.8. The Kier molecular flexibility index (Phi) is 3.50. The number of para-hydroxylation sites is 2. The first kappa shape index (κ1) is 12.9. The topological polar surface area (TPSA) is 32.5 Å². The van der Waals surface area contributed by atoms with Crippen LogP contribution < -0.4 is 15.5 Å². The van der Waals surface area contributed by atoms with Crippen LogP contribution in [0.5, 0.6) is 0 Å². The fraction of sp³-hybridized carbons (Fsp3) is 0.294. The Hall–Kier alpha value is -2.16. The van der Waals surface area contributed by atoms with Gasteiger partial charge in [-0.2, -0.15) is 0 Å². The van der Waals surface area contributed by atoms with E-state index in [0.717, 1.165) is 31.9 Å². The Labute approximate surface area is 120 Å². The third kappa shape index (κ3) is 2.44. The van der Waals surface area contributed by atoms with Crippen LogP contribution in [0.15, 0.2) is 48.5 Å². The molecule has 0 unspecified atom stereocenters. The molecule has 2 N–H and O–H groups in total. The Morgan fingerprint density at radius 2 is 1.45 bits per heavy atom. The second kappa shape index (κ2) is 5.45. The van der Waals surface area contributed by atoms with E-state index in [1.807, 2.05) is 12.1 Å². The zero-order chi connectivity index (χ0) is 13.9. The standard InChI is InChI=1S/C17H21N3/c1-14-6-5-9-16(18)17(14)20-12-10-19(11-13-20)15-7-3-2-4-8-15/h2-9H,10-13,18H2,1H3. The first-order chi connectivity index (χ1) is 9.75. The quantitative estimate of drug-likeness (QED) is 0.849. The fourth-order valence-electron chi connectivity index (χ4n) is 2.94. The Morgan fingerprint density at radius 1 is 0.800 bits per heavy atom. The molecular formula is C17H21N3. The molecule has 2 aromatic rings. The zero-order valence-corrected chi connectivity index (χ0v) is 11.9. The van der Waals surface area contributed by atoms with E-state index in [2.05, 4.69) is 53.1 Å². The van der Waals surface area contributed by atoms with Gasteiger partial charge in [0.2, 0.25) is 0 Å². The van der Waals surface area contributed by atoms with Gasteiger partial charge in [-0.15, -0.1) is 0 Å². The summed E-state index contributed by atoms with van der Waals surface area (Å²) in [6.07, 6.45) is 0. The van der Waals surface area contributed by atoms with E-state index in [-0.39, 0.29) is 0 Å². The Morgan fingerprint density at radius 3 is 2.10 bits per heavy atom. The van der Waals surface area contributed by atoms with Crippen LogP contribution in [-0.4, -0.2) is 26.2 Å². The van der Waals surface area contributed by atoms with E-state index in [0.29, 0.717) is 0 Å². The molecule has 0 spiro atoms. The first-order valence-electron chi connectivity index (χ1n) is 7.16. The summed E-state index contributed by atoms with van der Waals surface area (Å²) in [5.74, 6) is 0. The van der Waals surface area contributed by atoms with Gasteiger partial charge in [0.05, 0.1) is 11.4 Å². The molecule has 20 heavy (non-hydrogen) atoms. The number of nitrogen functional groups attached to an aromatic ring is 1. The Bertz CT molecular complexity index is 552. The number of anilines is 3. The number of nitrogens with zero attached hydrogens (tertiary/aromatic N) is 2. The number of nitrogens with two attached hydrogens (primary N) is 1. The van der Waals surface area contributed by atoms with Crippen molar-refractivity contribution in [3.8, 4) is 0 Å². The van der Waals surface area contributed by atoms with Crippen molar-refractivity contribution in [1.82, 2.24) is 0 Å². The number of piperazine rings is 1. The molecule has 3 heteroatoms. The maximum atomic E-state index is 6.14. The number of hydrogen-bond acceptors (Lipinski definition) is 3. The average Bonchev–Trinajstić information content (AvgIpc) is 2.49. The molecule has 3 nitrogen and oxygen atoms in total. The van der Waals surface area contributed by atoms with Gasteiger partial charge in [-0.25, -0.2) is 0 Å². The summed E-state index contributed by atoms with van der Waals surface area (Å²) < 4.78 is 0. The monoisotopic (exact) mass is 267 g/mol. The summed E-state index contributed by atoms with van der Waals surface area (Å²) >= 11 is 0. The van der Waals surface area contributed by atoms with E-state index in [9.17, 15) is 0 Å². The molecule has 1 fully saturated rings. The molecule has 0 bridgehead atoms. The summed E-state index contributed by atoms with van der Waals surface area (Å²) in [4.78, 5) is 4.84. The highest BCUT2D eigenvalue weighted by molar-refractivity contribution is 5.71. The van der Waals surface area contributed by atoms with Gasteiger partial charge in [0, 0.05) is 31.9 Å². The minimum absolute atomic E-state index is 0.887. The van der Waals surface area contributed by atoms with Crippen LogP contribution in [0.3, 0.4) is 0 Å². The Balaban J connectivity index is 1.73. The van der Waals surface area contributed by atoms with Gasteiger partial charge in [-0.3, -0.25) is 0 Å². The molecule has 1 heterocycles. The van der Waals surface area contributed by atoms with E-state index in [4.69, 9.17) is 5.73 Å². The van der Waals surface area contributed by atoms with Crippen LogP contribution in [0.4, 0.5) is 17.1 Å². The fourth-order valence-corrected chi connectivity index (χ4v) is 2.94. The van der Waals surface area contributed by atoms with Gasteiger partial charge in [-0.1, -0.05) is 30.3 Å². The molecule has 104 valence electrons. The minimum atomic E-state index is 0.887. The van der Waals surface area contributed by atoms with Crippen LogP contribution >= 0.6 is 0 Å².